The fraction of sp³-hybridized carbons (Fsp3) is 0.290. The molecule has 2 amide bonds. The van der Waals surface area contributed by atoms with E-state index in [4.69, 9.17) is 9.15 Å². The van der Waals surface area contributed by atoms with Crippen LogP contribution >= 0.6 is 0 Å². The van der Waals surface area contributed by atoms with Crippen molar-refractivity contribution < 1.29 is 31.9 Å². The molecule has 39 heavy (non-hydrogen) atoms. The van der Waals surface area contributed by atoms with Gasteiger partial charge in [0.05, 0.1) is 17.3 Å². The summed E-state index contributed by atoms with van der Waals surface area (Å²) in [6, 6.07) is 23.1. The number of hydrogen-bond acceptors (Lipinski definition) is 4. The molecule has 3 atom stereocenters. The number of imide groups is 1. The molecule has 4 aliphatic rings. The van der Waals surface area contributed by atoms with Crippen molar-refractivity contribution in [2.75, 3.05) is 13.7 Å². The average molecular weight is 532 g/mol. The van der Waals surface area contributed by atoms with Crippen LogP contribution in [0, 0.1) is 11.8 Å². The summed E-state index contributed by atoms with van der Waals surface area (Å²) < 4.78 is 55.7. The number of hydrogen-bond donors (Lipinski definition) is 0. The number of methoxy groups -OCH3 is 1. The van der Waals surface area contributed by atoms with E-state index in [2.05, 4.69) is 0 Å². The van der Waals surface area contributed by atoms with Gasteiger partial charge in [-0.1, -0.05) is 66.7 Å². The largest absolute Gasteiger partial charge is 0.461 e. The number of carbonyl (C=O) groups is 2. The first-order valence-electron chi connectivity index (χ1n) is 12.9. The molecule has 0 unspecified atom stereocenters. The third-order valence-electron chi connectivity index (χ3n) is 8.78. The number of ether oxygens (including phenoxy) is 1. The first kappa shape index (κ1) is 24.2. The van der Waals surface area contributed by atoms with Gasteiger partial charge in [0.15, 0.2) is 6.10 Å². The highest BCUT2D eigenvalue weighted by Crippen LogP contribution is 2.66. The number of para-hydroxylation sites is 1. The predicted octanol–water partition coefficient (Wildman–Crippen LogP) is 5.60. The van der Waals surface area contributed by atoms with Crippen molar-refractivity contribution in [2.45, 2.75) is 30.0 Å². The number of likely N-dealkylation sites (tertiary alicyclic amines) is 1. The van der Waals surface area contributed by atoms with E-state index in [1.807, 2.05) is 30.3 Å². The molecule has 1 aromatic heterocycles. The van der Waals surface area contributed by atoms with Crippen LogP contribution in [0.3, 0.4) is 0 Å². The quantitative estimate of drug-likeness (QED) is 0.315. The number of halogens is 3. The molecule has 0 radical (unpaired) electrons. The van der Waals surface area contributed by atoms with Gasteiger partial charge in [-0.05, 0) is 34.4 Å². The van der Waals surface area contributed by atoms with E-state index in [-0.39, 0.29) is 13.0 Å². The van der Waals surface area contributed by atoms with Gasteiger partial charge >= 0.3 is 6.18 Å². The van der Waals surface area contributed by atoms with E-state index in [1.54, 1.807) is 48.5 Å². The highest BCUT2D eigenvalue weighted by atomic mass is 19.4. The van der Waals surface area contributed by atoms with Gasteiger partial charge in [-0.25, -0.2) is 0 Å². The second-order valence-electron chi connectivity index (χ2n) is 10.5. The molecule has 0 N–H and O–H groups in total. The number of benzene rings is 3. The SMILES string of the molecule is CO[C@H](C(F)(F)F)C12c3ccccc3C(c3ccccc31)[C@@H]1C(=O)N(CCc3cc4ccccc4o3)C(=O)[C@@H]12. The highest BCUT2D eigenvalue weighted by molar-refractivity contribution is 6.08. The van der Waals surface area contributed by atoms with Gasteiger partial charge in [-0.3, -0.25) is 14.5 Å². The Balaban J connectivity index is 1.38. The van der Waals surface area contributed by atoms with Crippen molar-refractivity contribution in [2.24, 2.45) is 11.8 Å². The summed E-state index contributed by atoms with van der Waals surface area (Å²) in [6.07, 6.45) is -6.86. The molecule has 4 aromatic rings. The Hall–Kier alpha value is -3.91. The van der Waals surface area contributed by atoms with Crippen molar-refractivity contribution in [3.05, 3.63) is 107 Å². The van der Waals surface area contributed by atoms with Crippen molar-refractivity contribution in [3.63, 3.8) is 0 Å². The Morgan fingerprint density at radius 2 is 1.54 bits per heavy atom. The van der Waals surface area contributed by atoms with Crippen LogP contribution in [0.2, 0.25) is 0 Å². The van der Waals surface area contributed by atoms with Crippen LogP contribution in [-0.4, -0.2) is 42.6 Å². The maximum absolute atomic E-state index is 14.8. The van der Waals surface area contributed by atoms with Crippen LogP contribution in [0.25, 0.3) is 11.0 Å². The topological polar surface area (TPSA) is 59.8 Å². The third-order valence-corrected chi connectivity index (χ3v) is 8.78. The number of carbonyl (C=O) groups excluding carboxylic acids is 2. The van der Waals surface area contributed by atoms with Crippen molar-refractivity contribution >= 4 is 22.8 Å². The van der Waals surface area contributed by atoms with Crippen LogP contribution in [0.1, 0.15) is 33.9 Å². The number of fused-ring (bicyclic) bond motifs is 1. The fourth-order valence-corrected chi connectivity index (χ4v) is 7.52. The van der Waals surface area contributed by atoms with Crippen molar-refractivity contribution in [1.29, 1.82) is 0 Å². The summed E-state index contributed by atoms with van der Waals surface area (Å²) in [7, 11) is 1.02. The molecule has 0 spiro atoms. The Labute approximate surface area is 222 Å². The lowest BCUT2D eigenvalue weighted by Gasteiger charge is -2.56. The molecule has 2 heterocycles. The summed E-state index contributed by atoms with van der Waals surface area (Å²) in [5, 5.41) is 0.899. The number of nitrogens with zero attached hydrogens (tertiary/aromatic N) is 1. The van der Waals surface area contributed by atoms with Gasteiger partial charge in [-0.15, -0.1) is 0 Å². The minimum atomic E-state index is -4.80. The van der Waals surface area contributed by atoms with Gasteiger partial charge in [0.2, 0.25) is 11.8 Å². The Morgan fingerprint density at radius 3 is 2.15 bits per heavy atom. The van der Waals surface area contributed by atoms with Crippen LogP contribution < -0.4 is 0 Å². The van der Waals surface area contributed by atoms with Crippen LogP contribution in [-0.2, 0) is 26.2 Å². The van der Waals surface area contributed by atoms with Crippen molar-refractivity contribution in [1.82, 2.24) is 4.90 Å². The smallest absolute Gasteiger partial charge is 0.415 e. The third kappa shape index (κ3) is 3.12. The molecule has 3 aliphatic carbocycles. The zero-order chi connectivity index (χ0) is 27.1. The van der Waals surface area contributed by atoms with Crippen molar-refractivity contribution in [3.8, 4) is 0 Å². The zero-order valence-corrected chi connectivity index (χ0v) is 20.9. The van der Waals surface area contributed by atoms with E-state index in [0.29, 0.717) is 33.6 Å². The van der Waals surface area contributed by atoms with Gasteiger partial charge in [-0.2, -0.15) is 13.2 Å². The van der Waals surface area contributed by atoms with E-state index in [9.17, 15) is 22.8 Å². The molecule has 5 nitrogen and oxygen atoms in total. The number of amides is 2. The van der Waals surface area contributed by atoms with E-state index in [1.165, 1.54) is 0 Å². The van der Waals surface area contributed by atoms with Gasteiger partial charge in [0.1, 0.15) is 11.3 Å². The van der Waals surface area contributed by atoms with E-state index in [0.717, 1.165) is 17.4 Å². The molecule has 8 heteroatoms. The Morgan fingerprint density at radius 1 is 0.923 bits per heavy atom. The summed E-state index contributed by atoms with van der Waals surface area (Å²) in [5.41, 5.74) is 0.878. The number of furan rings is 1. The highest BCUT2D eigenvalue weighted by Gasteiger charge is 2.73. The minimum absolute atomic E-state index is 0.0175. The maximum Gasteiger partial charge on any atom is 0.415 e. The van der Waals surface area contributed by atoms with Gasteiger partial charge < -0.3 is 9.15 Å². The summed E-state index contributed by atoms with van der Waals surface area (Å²) in [6.45, 7) is 0.0175. The zero-order valence-electron chi connectivity index (χ0n) is 20.9. The van der Waals surface area contributed by atoms with Crippen LogP contribution in [0.5, 0.6) is 0 Å². The standard InChI is InChI=1S/C31H24F3NO4/c1-38-29(31(32,33)34)30-21-11-5-3-9-19(21)24(20-10-4-6-12-22(20)30)25-26(30)28(37)35(27(25)36)15-14-18-16-17-8-2-7-13-23(17)39-18/h2-13,16,24-26,29H,14-15H2,1H3/t24?,25-,26+,29-,30?/m0/s1. The molecule has 8 rings (SSSR count). The minimum Gasteiger partial charge on any atom is -0.461 e. The molecular formula is C31H24F3NO4. The first-order valence-corrected chi connectivity index (χ1v) is 12.9. The monoisotopic (exact) mass is 531 g/mol. The average Bonchev–Trinajstić information content (AvgIpc) is 3.46. The first-order chi connectivity index (χ1) is 18.8. The lowest BCUT2D eigenvalue weighted by molar-refractivity contribution is -0.238. The fourth-order valence-electron chi connectivity index (χ4n) is 7.52. The van der Waals surface area contributed by atoms with Gasteiger partial charge in [0.25, 0.3) is 0 Å². The summed E-state index contributed by atoms with van der Waals surface area (Å²) >= 11 is 0. The molecule has 1 saturated heterocycles. The molecule has 198 valence electrons. The van der Waals surface area contributed by atoms with E-state index >= 15 is 0 Å². The lowest BCUT2D eigenvalue weighted by atomic mass is 9.45. The second kappa shape index (κ2) is 8.29. The van der Waals surface area contributed by atoms with E-state index < -0.39 is 47.3 Å². The number of rotatable bonds is 5. The normalized spacial score (nSPS) is 26.1. The second-order valence-corrected chi connectivity index (χ2v) is 10.5. The Bertz CT molecular complexity index is 1560. The Kier molecular flexibility index (Phi) is 5.14. The molecule has 1 aliphatic heterocycles. The molecule has 0 saturated carbocycles. The molecule has 3 aromatic carbocycles. The summed E-state index contributed by atoms with van der Waals surface area (Å²) in [5.74, 6) is -3.18. The predicted molar refractivity (Wildman–Crippen MR) is 136 cm³/mol. The van der Waals surface area contributed by atoms with Gasteiger partial charge in [0, 0.05) is 31.4 Å². The van der Waals surface area contributed by atoms with Crippen LogP contribution in [0.4, 0.5) is 13.2 Å². The summed E-state index contributed by atoms with van der Waals surface area (Å²) in [4.78, 5) is 29.3. The maximum atomic E-state index is 14.8. The molecule has 1 fully saturated rings. The molecule has 2 bridgehead atoms. The number of alkyl halides is 3. The lowest BCUT2D eigenvalue weighted by Crippen LogP contribution is -2.63. The van der Waals surface area contributed by atoms with Crippen LogP contribution in [0.15, 0.2) is 83.3 Å². The molecular weight excluding hydrogens is 507 g/mol.